The van der Waals surface area contributed by atoms with Gasteiger partial charge in [-0.3, -0.25) is 9.59 Å². The van der Waals surface area contributed by atoms with Crippen molar-refractivity contribution in [3.8, 4) is 0 Å². The fourth-order valence-corrected chi connectivity index (χ4v) is 3.65. The lowest BCUT2D eigenvalue weighted by molar-refractivity contribution is -0.146. The number of esters is 1. The van der Waals surface area contributed by atoms with E-state index in [1.54, 1.807) is 19.1 Å². The highest BCUT2D eigenvalue weighted by atomic mass is 35.5. The van der Waals surface area contributed by atoms with Crippen molar-refractivity contribution in [1.29, 1.82) is 0 Å². The maximum Gasteiger partial charge on any atom is 0.321 e. The van der Waals surface area contributed by atoms with Crippen LogP contribution < -0.4 is 10.0 Å². The van der Waals surface area contributed by atoms with Gasteiger partial charge in [-0.05, 0) is 49.2 Å². The minimum Gasteiger partial charge on any atom is -0.455 e. The number of nitrogens with one attached hydrogen (secondary N) is 2. The number of rotatable bonds is 7. The van der Waals surface area contributed by atoms with Crippen LogP contribution in [0.15, 0.2) is 41.3 Å². The molecule has 1 amide bonds. The molecule has 0 fully saturated rings. The highest BCUT2D eigenvalue weighted by molar-refractivity contribution is 7.89. The Balaban J connectivity index is 1.86. The molecule has 0 saturated heterocycles. The summed E-state index contributed by atoms with van der Waals surface area (Å²) >= 11 is 11.9. The van der Waals surface area contributed by atoms with Crippen molar-refractivity contribution in [1.82, 2.24) is 4.72 Å². The Hall–Kier alpha value is -2.13. The lowest BCUT2D eigenvalue weighted by Crippen LogP contribution is -2.32. The third-order valence-corrected chi connectivity index (χ3v) is 5.82. The summed E-state index contributed by atoms with van der Waals surface area (Å²) < 4.78 is 31.4. The molecule has 150 valence electrons. The van der Waals surface area contributed by atoms with E-state index in [9.17, 15) is 18.0 Å². The highest BCUT2D eigenvalue weighted by Crippen LogP contribution is 2.29. The number of benzene rings is 2. The van der Waals surface area contributed by atoms with Gasteiger partial charge in [0.25, 0.3) is 5.91 Å². The van der Waals surface area contributed by atoms with Gasteiger partial charge in [-0.1, -0.05) is 35.3 Å². The molecule has 2 rings (SSSR count). The molecule has 0 radical (unpaired) electrons. The molecule has 0 atom stereocenters. The van der Waals surface area contributed by atoms with E-state index in [-0.39, 0.29) is 20.6 Å². The third kappa shape index (κ3) is 5.93. The maximum absolute atomic E-state index is 12.2. The number of hydrogen-bond donors (Lipinski definition) is 2. The number of ether oxygens (including phenoxy) is 1. The number of carbonyl (C=O) groups is 2. The second-order valence-electron chi connectivity index (χ2n) is 5.88. The van der Waals surface area contributed by atoms with Crippen LogP contribution in [0.5, 0.6) is 0 Å². The van der Waals surface area contributed by atoms with Crippen LogP contribution in [0.2, 0.25) is 10.0 Å². The van der Waals surface area contributed by atoms with E-state index >= 15 is 0 Å². The van der Waals surface area contributed by atoms with E-state index in [4.69, 9.17) is 27.9 Å². The van der Waals surface area contributed by atoms with Crippen molar-refractivity contribution in [3.05, 3.63) is 57.6 Å². The number of para-hydroxylation sites is 1. The number of carbonyl (C=O) groups excluding carboxylic acids is 2. The average molecular weight is 445 g/mol. The van der Waals surface area contributed by atoms with Crippen molar-refractivity contribution in [2.24, 2.45) is 0 Å². The van der Waals surface area contributed by atoms with Crippen LogP contribution in [0, 0.1) is 13.8 Å². The average Bonchev–Trinajstić information content (AvgIpc) is 2.63. The predicted octanol–water partition coefficient (Wildman–Crippen LogP) is 3.07. The number of aryl methyl sites for hydroxylation is 2. The molecular weight excluding hydrogens is 427 g/mol. The van der Waals surface area contributed by atoms with Crippen molar-refractivity contribution >= 4 is 50.8 Å². The van der Waals surface area contributed by atoms with Gasteiger partial charge in [0.1, 0.15) is 6.54 Å². The summed E-state index contributed by atoms with van der Waals surface area (Å²) in [4.78, 5) is 23.7. The predicted molar refractivity (Wildman–Crippen MR) is 107 cm³/mol. The van der Waals surface area contributed by atoms with Crippen LogP contribution in [0.1, 0.15) is 11.1 Å². The molecule has 0 aromatic heterocycles. The summed E-state index contributed by atoms with van der Waals surface area (Å²) in [5.41, 5.74) is 1.95. The normalized spacial score (nSPS) is 11.1. The lowest BCUT2D eigenvalue weighted by atomic mass is 10.1. The fourth-order valence-electron chi connectivity index (χ4n) is 2.11. The van der Waals surface area contributed by atoms with Crippen molar-refractivity contribution in [2.75, 3.05) is 18.5 Å². The summed E-state index contributed by atoms with van der Waals surface area (Å²) in [5, 5.41) is 2.88. The number of hydrogen-bond acceptors (Lipinski definition) is 5. The minimum atomic E-state index is -3.88. The van der Waals surface area contributed by atoms with Crippen molar-refractivity contribution in [3.63, 3.8) is 0 Å². The van der Waals surface area contributed by atoms with Crippen molar-refractivity contribution in [2.45, 2.75) is 18.7 Å². The second kappa shape index (κ2) is 9.38. The summed E-state index contributed by atoms with van der Waals surface area (Å²) in [6, 6.07) is 9.31. The van der Waals surface area contributed by atoms with Crippen LogP contribution in [-0.4, -0.2) is 33.4 Å². The zero-order chi connectivity index (χ0) is 20.9. The topological polar surface area (TPSA) is 102 Å². The first-order valence-electron chi connectivity index (χ1n) is 8.06. The van der Waals surface area contributed by atoms with Crippen LogP contribution in [0.3, 0.4) is 0 Å². The molecule has 0 aliphatic rings. The Labute approximate surface area is 173 Å². The smallest absolute Gasteiger partial charge is 0.321 e. The van der Waals surface area contributed by atoms with Gasteiger partial charge in [-0.15, -0.1) is 0 Å². The van der Waals surface area contributed by atoms with Gasteiger partial charge in [0.05, 0.1) is 20.6 Å². The molecule has 28 heavy (non-hydrogen) atoms. The van der Waals surface area contributed by atoms with Gasteiger partial charge < -0.3 is 10.1 Å². The number of sulfonamides is 1. The standard InChI is InChI=1S/C18H18Cl2N2O5S/c1-11-6-7-13(8-12(11)2)28(25,26)21-9-17(24)27-10-16(23)22-18-14(19)4-3-5-15(18)20/h3-8,21H,9-10H2,1-2H3,(H,22,23). The van der Waals surface area contributed by atoms with Gasteiger partial charge in [0.15, 0.2) is 6.61 Å². The molecule has 0 unspecified atom stereocenters. The number of anilines is 1. The van der Waals surface area contributed by atoms with Gasteiger partial charge in [-0.25, -0.2) is 8.42 Å². The van der Waals surface area contributed by atoms with Crippen LogP contribution >= 0.6 is 23.2 Å². The molecule has 0 spiro atoms. The molecule has 0 bridgehead atoms. The van der Waals surface area contributed by atoms with E-state index in [0.29, 0.717) is 0 Å². The molecule has 0 aliphatic carbocycles. The Bertz CT molecular complexity index is 989. The maximum atomic E-state index is 12.2. The Morgan fingerprint density at radius 3 is 2.29 bits per heavy atom. The lowest BCUT2D eigenvalue weighted by Gasteiger charge is -2.10. The summed E-state index contributed by atoms with van der Waals surface area (Å²) in [5.74, 6) is -1.58. The minimum absolute atomic E-state index is 0.0366. The van der Waals surface area contributed by atoms with Crippen LogP contribution in [-0.2, 0) is 24.3 Å². The molecule has 2 N–H and O–H groups in total. The molecule has 0 heterocycles. The van der Waals surface area contributed by atoms with E-state index in [0.717, 1.165) is 11.1 Å². The quantitative estimate of drug-likeness (QED) is 0.638. The largest absolute Gasteiger partial charge is 0.455 e. The number of halogens is 2. The van der Waals surface area contributed by atoms with E-state index in [1.165, 1.54) is 24.3 Å². The summed E-state index contributed by atoms with van der Waals surface area (Å²) in [7, 11) is -3.88. The second-order valence-corrected chi connectivity index (χ2v) is 8.46. The van der Waals surface area contributed by atoms with Crippen molar-refractivity contribution < 1.29 is 22.7 Å². The Morgan fingerprint density at radius 2 is 1.68 bits per heavy atom. The summed E-state index contributed by atoms with van der Waals surface area (Å²) in [6.45, 7) is 2.41. The molecule has 7 nitrogen and oxygen atoms in total. The number of amides is 1. The SMILES string of the molecule is Cc1ccc(S(=O)(=O)NCC(=O)OCC(=O)Nc2c(Cl)cccc2Cl)cc1C. The fraction of sp³-hybridized carbons (Fsp3) is 0.222. The Kier molecular flexibility index (Phi) is 7.42. The Morgan fingerprint density at radius 1 is 1.04 bits per heavy atom. The third-order valence-electron chi connectivity index (χ3n) is 3.79. The van der Waals surface area contributed by atoms with E-state index in [1.807, 2.05) is 6.92 Å². The molecule has 0 aliphatic heterocycles. The molecule has 2 aromatic carbocycles. The first kappa shape index (κ1) is 22.2. The molecule has 10 heteroatoms. The first-order valence-corrected chi connectivity index (χ1v) is 10.3. The van der Waals surface area contributed by atoms with E-state index < -0.39 is 35.1 Å². The van der Waals surface area contributed by atoms with Gasteiger partial charge in [0.2, 0.25) is 10.0 Å². The molecular formula is C18H18Cl2N2O5S. The van der Waals surface area contributed by atoms with Gasteiger partial charge >= 0.3 is 5.97 Å². The highest BCUT2D eigenvalue weighted by Gasteiger charge is 2.18. The first-order chi connectivity index (χ1) is 13.1. The zero-order valence-electron chi connectivity index (χ0n) is 15.1. The molecule has 2 aromatic rings. The summed E-state index contributed by atoms with van der Waals surface area (Å²) in [6.07, 6.45) is 0. The molecule has 0 saturated carbocycles. The monoisotopic (exact) mass is 444 g/mol. The van der Waals surface area contributed by atoms with Crippen LogP contribution in [0.25, 0.3) is 0 Å². The van der Waals surface area contributed by atoms with Gasteiger partial charge in [-0.2, -0.15) is 4.72 Å². The van der Waals surface area contributed by atoms with Gasteiger partial charge in [0, 0.05) is 0 Å². The zero-order valence-corrected chi connectivity index (χ0v) is 17.4. The van der Waals surface area contributed by atoms with Crippen LogP contribution in [0.4, 0.5) is 5.69 Å². The van der Waals surface area contributed by atoms with E-state index in [2.05, 4.69) is 10.0 Å².